The third kappa shape index (κ3) is 4.75. The first-order valence-corrected chi connectivity index (χ1v) is 12.8. The summed E-state index contributed by atoms with van der Waals surface area (Å²) in [7, 11) is 1.98. The zero-order chi connectivity index (χ0) is 23.9. The average molecular weight is 467 g/mol. The minimum atomic E-state index is -0.0953. The Bertz CT molecular complexity index is 974. The number of carbonyl (C=O) groups excluding carboxylic acids is 2. The fourth-order valence-electron chi connectivity index (χ4n) is 6.98. The molecule has 4 aliphatic carbocycles. The summed E-state index contributed by atoms with van der Waals surface area (Å²) < 4.78 is 7.55. The number of aryl methyl sites for hydroxylation is 1. The number of amides is 3. The third-order valence-corrected chi connectivity index (χ3v) is 8.28. The molecule has 1 N–H and O–H groups in total. The van der Waals surface area contributed by atoms with E-state index >= 15 is 0 Å². The van der Waals surface area contributed by atoms with Crippen molar-refractivity contribution in [3.63, 3.8) is 0 Å². The van der Waals surface area contributed by atoms with E-state index in [1.165, 1.54) is 19.3 Å². The molecular formula is C27H38N4O3. The minimum Gasteiger partial charge on any atom is -0.467 e. The number of hydrogen-bond donors (Lipinski definition) is 1. The molecule has 4 saturated carbocycles. The number of nitrogens with zero attached hydrogens (tertiary/aromatic N) is 3. The molecule has 2 aromatic heterocycles. The lowest BCUT2D eigenvalue weighted by Crippen LogP contribution is -2.63. The van der Waals surface area contributed by atoms with Crippen LogP contribution in [0.3, 0.4) is 0 Å². The molecule has 0 spiro atoms. The second-order valence-corrected chi connectivity index (χ2v) is 11.3. The second-order valence-electron chi connectivity index (χ2n) is 11.3. The zero-order valence-corrected chi connectivity index (χ0v) is 20.7. The zero-order valence-electron chi connectivity index (χ0n) is 20.7. The van der Waals surface area contributed by atoms with E-state index in [-0.39, 0.29) is 30.1 Å². The Morgan fingerprint density at radius 2 is 1.76 bits per heavy atom. The number of nitrogens with one attached hydrogen (secondary N) is 1. The largest absolute Gasteiger partial charge is 0.467 e. The lowest BCUT2D eigenvalue weighted by molar-refractivity contribution is -0.133. The highest BCUT2D eigenvalue weighted by Gasteiger charge is 2.52. The van der Waals surface area contributed by atoms with Crippen LogP contribution >= 0.6 is 0 Å². The smallest absolute Gasteiger partial charge is 0.318 e. The number of aromatic nitrogens is 1. The van der Waals surface area contributed by atoms with E-state index in [4.69, 9.17) is 4.42 Å². The quantitative estimate of drug-likeness (QED) is 0.621. The van der Waals surface area contributed by atoms with E-state index in [0.29, 0.717) is 13.1 Å². The molecule has 2 heterocycles. The van der Waals surface area contributed by atoms with Crippen LogP contribution in [0, 0.1) is 17.8 Å². The molecule has 0 aliphatic heterocycles. The van der Waals surface area contributed by atoms with Gasteiger partial charge in [-0.15, -0.1) is 0 Å². The standard InChI is InChI=1S/C27H38N4O3/c1-19(2)31(26(33)28-27-13-20-10-21(14-27)12-22(11-20)15-27)18-25(32)30(17-24-7-5-9-34-24)16-23-6-4-8-29(23)3/h4-9,19-22H,10-18H2,1-3H3,(H,28,33). The van der Waals surface area contributed by atoms with Gasteiger partial charge >= 0.3 is 6.03 Å². The van der Waals surface area contributed by atoms with Crippen molar-refractivity contribution in [2.45, 2.75) is 77.0 Å². The molecule has 0 atom stereocenters. The van der Waals surface area contributed by atoms with Gasteiger partial charge in [-0.05, 0) is 94.4 Å². The van der Waals surface area contributed by atoms with Crippen LogP contribution in [-0.4, -0.2) is 44.4 Å². The lowest BCUT2D eigenvalue weighted by Gasteiger charge is -2.57. The lowest BCUT2D eigenvalue weighted by atomic mass is 9.53. The van der Waals surface area contributed by atoms with Gasteiger partial charge in [0.2, 0.25) is 5.91 Å². The maximum absolute atomic E-state index is 13.5. The monoisotopic (exact) mass is 466 g/mol. The van der Waals surface area contributed by atoms with Crippen molar-refractivity contribution in [3.05, 3.63) is 48.2 Å². The summed E-state index contributed by atoms with van der Waals surface area (Å²) in [5.41, 5.74) is 0.966. The molecule has 184 valence electrons. The molecule has 4 aliphatic rings. The van der Waals surface area contributed by atoms with Crippen LogP contribution in [0.4, 0.5) is 4.79 Å². The summed E-state index contributed by atoms with van der Waals surface area (Å²) in [5, 5.41) is 3.44. The van der Waals surface area contributed by atoms with Gasteiger partial charge in [-0.3, -0.25) is 4.79 Å². The van der Waals surface area contributed by atoms with Crippen molar-refractivity contribution in [1.29, 1.82) is 0 Å². The molecule has 7 nitrogen and oxygen atoms in total. The van der Waals surface area contributed by atoms with Gasteiger partial charge < -0.3 is 24.1 Å². The average Bonchev–Trinajstić information content (AvgIpc) is 3.41. The fourth-order valence-corrected chi connectivity index (χ4v) is 6.98. The Balaban J connectivity index is 1.29. The van der Waals surface area contributed by atoms with Gasteiger partial charge in [-0.2, -0.15) is 0 Å². The van der Waals surface area contributed by atoms with Crippen molar-refractivity contribution in [3.8, 4) is 0 Å². The number of carbonyl (C=O) groups is 2. The predicted molar refractivity (Wildman–Crippen MR) is 130 cm³/mol. The first-order valence-electron chi connectivity index (χ1n) is 12.8. The summed E-state index contributed by atoms with van der Waals surface area (Å²) >= 11 is 0. The molecular weight excluding hydrogens is 428 g/mol. The van der Waals surface area contributed by atoms with Gasteiger partial charge in [0.1, 0.15) is 12.3 Å². The third-order valence-electron chi connectivity index (χ3n) is 8.28. The van der Waals surface area contributed by atoms with Crippen molar-refractivity contribution in [2.24, 2.45) is 24.8 Å². The fraction of sp³-hybridized carbons (Fsp3) is 0.630. The van der Waals surface area contributed by atoms with Crippen molar-refractivity contribution >= 4 is 11.9 Å². The minimum absolute atomic E-state index is 0.0565. The van der Waals surface area contributed by atoms with Crippen LogP contribution < -0.4 is 5.32 Å². The van der Waals surface area contributed by atoms with Crippen molar-refractivity contribution in [2.75, 3.05) is 6.54 Å². The summed E-state index contributed by atoms with van der Waals surface area (Å²) in [6.07, 6.45) is 10.9. The molecule has 6 rings (SSSR count). The number of furan rings is 1. The van der Waals surface area contributed by atoms with E-state index in [0.717, 1.165) is 48.5 Å². The Labute approximate surface area is 202 Å². The summed E-state index contributed by atoms with van der Waals surface area (Å²) in [5.74, 6) is 2.93. The number of hydrogen-bond acceptors (Lipinski definition) is 3. The topological polar surface area (TPSA) is 70.7 Å². The molecule has 4 fully saturated rings. The first kappa shape index (κ1) is 23.1. The van der Waals surface area contributed by atoms with Crippen molar-refractivity contribution in [1.82, 2.24) is 19.7 Å². The Kier molecular flexibility index (Phi) is 6.21. The van der Waals surface area contributed by atoms with E-state index in [2.05, 4.69) is 5.32 Å². The molecule has 0 radical (unpaired) electrons. The van der Waals surface area contributed by atoms with Gasteiger partial charge in [-0.1, -0.05) is 0 Å². The van der Waals surface area contributed by atoms with Gasteiger partial charge in [0.15, 0.2) is 0 Å². The van der Waals surface area contributed by atoms with Crippen LogP contribution in [0.15, 0.2) is 41.1 Å². The Morgan fingerprint density at radius 3 is 2.29 bits per heavy atom. The van der Waals surface area contributed by atoms with Crippen LogP contribution in [-0.2, 0) is 24.9 Å². The van der Waals surface area contributed by atoms with Crippen LogP contribution in [0.1, 0.15) is 63.8 Å². The second kappa shape index (κ2) is 9.16. The maximum Gasteiger partial charge on any atom is 0.318 e. The number of urea groups is 1. The Hall–Kier alpha value is -2.70. The highest BCUT2D eigenvalue weighted by atomic mass is 16.3. The van der Waals surface area contributed by atoms with Gasteiger partial charge in [0.05, 0.1) is 19.4 Å². The molecule has 7 heteroatoms. The SMILES string of the molecule is CC(C)N(CC(=O)N(Cc1ccco1)Cc1cccn1C)C(=O)NC12CC3CC(CC(C3)C1)C2. The molecule has 0 aromatic carbocycles. The highest BCUT2D eigenvalue weighted by molar-refractivity contribution is 5.84. The van der Waals surface area contributed by atoms with Crippen LogP contribution in [0.25, 0.3) is 0 Å². The van der Waals surface area contributed by atoms with Crippen LogP contribution in [0.2, 0.25) is 0 Å². The molecule has 3 amide bonds. The summed E-state index contributed by atoms with van der Waals surface area (Å²) in [4.78, 5) is 30.6. The number of rotatable bonds is 8. The first-order chi connectivity index (χ1) is 16.3. The van der Waals surface area contributed by atoms with Crippen LogP contribution in [0.5, 0.6) is 0 Å². The Morgan fingerprint density at radius 1 is 1.09 bits per heavy atom. The van der Waals surface area contributed by atoms with E-state index in [1.54, 1.807) is 16.1 Å². The van der Waals surface area contributed by atoms with E-state index in [1.807, 2.05) is 55.9 Å². The van der Waals surface area contributed by atoms with E-state index < -0.39 is 0 Å². The molecule has 2 aromatic rings. The van der Waals surface area contributed by atoms with Crippen molar-refractivity contribution < 1.29 is 14.0 Å². The summed E-state index contributed by atoms with van der Waals surface area (Å²) in [6.45, 7) is 4.87. The molecule has 4 bridgehead atoms. The van der Waals surface area contributed by atoms with Gasteiger partial charge in [0, 0.05) is 30.5 Å². The normalized spacial score (nSPS) is 27.2. The molecule has 0 unspecified atom stereocenters. The van der Waals surface area contributed by atoms with Gasteiger partial charge in [0.25, 0.3) is 0 Å². The maximum atomic E-state index is 13.5. The van der Waals surface area contributed by atoms with Gasteiger partial charge in [-0.25, -0.2) is 4.79 Å². The van der Waals surface area contributed by atoms with E-state index in [9.17, 15) is 9.59 Å². The summed E-state index contributed by atoms with van der Waals surface area (Å²) in [6, 6.07) is 7.54. The highest BCUT2D eigenvalue weighted by Crippen LogP contribution is 2.55. The predicted octanol–water partition coefficient (Wildman–Crippen LogP) is 4.54. The molecule has 34 heavy (non-hydrogen) atoms. The molecule has 0 saturated heterocycles.